The zero-order valence-electron chi connectivity index (χ0n) is 9.92. The van der Waals surface area contributed by atoms with Gasteiger partial charge in [-0.2, -0.15) is 0 Å². The molecule has 0 aliphatic carbocycles. The summed E-state index contributed by atoms with van der Waals surface area (Å²) in [5, 5.41) is 4.21. The number of rotatable bonds is 3. The highest BCUT2D eigenvalue weighted by Gasteiger charge is 2.20. The van der Waals surface area contributed by atoms with Crippen LogP contribution in [0.1, 0.15) is 22.0 Å². The van der Waals surface area contributed by atoms with Crippen molar-refractivity contribution < 1.29 is 9.47 Å². The van der Waals surface area contributed by atoms with Gasteiger partial charge in [-0.15, -0.1) is 9.36 Å². The van der Waals surface area contributed by atoms with Crippen molar-refractivity contribution in [2.24, 2.45) is 0 Å². The number of carbonyl (C=O) groups excluding carboxylic acids is 1. The number of hydrogen-bond donors (Lipinski definition) is 1. The topological polar surface area (TPSA) is 64.8 Å². The fraction of sp³-hybridized carbons (Fsp3) is 0.250. The lowest BCUT2D eigenvalue weighted by Crippen LogP contribution is -2.48. The Labute approximate surface area is 99.5 Å². The van der Waals surface area contributed by atoms with Crippen molar-refractivity contribution >= 4 is 5.78 Å². The quantitative estimate of drug-likeness (QED) is 0.472. The number of nitrogens with two attached hydrogens (primary N) is 1. The van der Waals surface area contributed by atoms with Crippen LogP contribution in [0.2, 0.25) is 0 Å². The highest BCUT2D eigenvalue weighted by atomic mass is 16.1. The minimum atomic E-state index is 0.0248. The molecule has 17 heavy (non-hydrogen) atoms. The van der Waals surface area contributed by atoms with E-state index in [1.165, 1.54) is 4.68 Å². The minimum absolute atomic E-state index is 0.0248. The Hall–Kier alpha value is -2.17. The molecule has 0 aliphatic rings. The molecule has 0 spiro atoms. The fourth-order valence-electron chi connectivity index (χ4n) is 1.65. The first kappa shape index (κ1) is 11.3. The predicted octanol–water partition coefficient (Wildman–Crippen LogP) is 0.384. The molecular formula is C12H15N4O+. The largest absolute Gasteiger partial charge is 0.295 e. The van der Waals surface area contributed by atoms with Gasteiger partial charge >= 0.3 is 0 Å². The third kappa shape index (κ3) is 2.18. The van der Waals surface area contributed by atoms with Crippen molar-refractivity contribution in [2.45, 2.75) is 20.4 Å². The maximum atomic E-state index is 12.0. The van der Waals surface area contributed by atoms with E-state index in [-0.39, 0.29) is 12.3 Å². The molecule has 5 heteroatoms. The molecule has 1 heterocycles. The van der Waals surface area contributed by atoms with Gasteiger partial charge in [-0.1, -0.05) is 30.3 Å². The molecular weight excluding hydrogens is 216 g/mol. The van der Waals surface area contributed by atoms with E-state index in [2.05, 4.69) is 5.10 Å². The summed E-state index contributed by atoms with van der Waals surface area (Å²) >= 11 is 0. The molecule has 0 saturated heterocycles. The lowest BCUT2D eigenvalue weighted by molar-refractivity contribution is -0.652. The van der Waals surface area contributed by atoms with Gasteiger partial charge in [-0.25, -0.2) is 0 Å². The highest BCUT2D eigenvalue weighted by Crippen LogP contribution is 2.02. The van der Waals surface area contributed by atoms with Crippen LogP contribution in [-0.2, 0) is 6.54 Å². The van der Waals surface area contributed by atoms with E-state index >= 15 is 0 Å². The van der Waals surface area contributed by atoms with Crippen molar-refractivity contribution in [3.8, 4) is 0 Å². The summed E-state index contributed by atoms with van der Waals surface area (Å²) < 4.78 is 3.09. The number of benzene rings is 1. The molecule has 0 aliphatic heterocycles. The smallest absolute Gasteiger partial charge is 0.290 e. The van der Waals surface area contributed by atoms with Gasteiger partial charge in [0.15, 0.2) is 12.3 Å². The molecule has 2 rings (SSSR count). The normalized spacial score (nSPS) is 10.5. The van der Waals surface area contributed by atoms with Crippen molar-refractivity contribution in [2.75, 3.05) is 5.84 Å². The van der Waals surface area contributed by atoms with Gasteiger partial charge in [0.25, 0.3) is 11.6 Å². The molecule has 0 saturated carbocycles. The number of Topliss-reactive ketones (excluding diaryl/α,β-unsaturated/α-hetero) is 1. The number of ketones is 1. The molecule has 0 fully saturated rings. The molecule has 0 atom stereocenters. The van der Waals surface area contributed by atoms with Gasteiger partial charge in [0.1, 0.15) is 0 Å². The molecule has 0 radical (unpaired) electrons. The molecule has 1 aromatic heterocycles. The molecule has 2 N–H and O–H groups in total. The van der Waals surface area contributed by atoms with Gasteiger partial charge in [0.2, 0.25) is 0 Å². The average molecular weight is 231 g/mol. The van der Waals surface area contributed by atoms with Crippen LogP contribution in [0.3, 0.4) is 0 Å². The first-order valence-electron chi connectivity index (χ1n) is 5.39. The standard InChI is InChI=1S/C12H15N4O/c1-9-14-15(10(2)16(9)13)8-12(17)11-6-4-3-5-7-11/h3-7H,8,13H2,1-2H3/q+1. The third-order valence-corrected chi connectivity index (χ3v) is 2.73. The number of carbonyl (C=O) groups is 1. The summed E-state index contributed by atoms with van der Waals surface area (Å²) in [6, 6.07) is 9.16. The number of hydrogen-bond acceptors (Lipinski definition) is 3. The lowest BCUT2D eigenvalue weighted by Gasteiger charge is -1.97. The molecule has 0 unspecified atom stereocenters. The lowest BCUT2D eigenvalue weighted by atomic mass is 10.1. The van der Waals surface area contributed by atoms with Crippen LogP contribution in [0.15, 0.2) is 30.3 Å². The van der Waals surface area contributed by atoms with E-state index in [1.54, 1.807) is 23.7 Å². The fourth-order valence-corrected chi connectivity index (χ4v) is 1.65. The van der Waals surface area contributed by atoms with E-state index in [4.69, 9.17) is 5.84 Å². The van der Waals surface area contributed by atoms with Crippen LogP contribution in [-0.4, -0.2) is 15.6 Å². The Morgan fingerprint density at radius 2 is 2.00 bits per heavy atom. The van der Waals surface area contributed by atoms with Crippen molar-refractivity contribution in [1.29, 1.82) is 0 Å². The highest BCUT2D eigenvalue weighted by molar-refractivity contribution is 5.95. The second-order valence-corrected chi connectivity index (χ2v) is 3.91. The van der Waals surface area contributed by atoms with E-state index in [1.807, 2.05) is 25.1 Å². The molecule has 1 aromatic carbocycles. The van der Waals surface area contributed by atoms with Gasteiger partial charge in [-0.05, 0) is 0 Å². The monoisotopic (exact) mass is 231 g/mol. The first-order valence-corrected chi connectivity index (χ1v) is 5.39. The molecule has 2 aromatic rings. The van der Waals surface area contributed by atoms with Gasteiger partial charge < -0.3 is 0 Å². The number of nitrogen functional groups attached to an aromatic ring is 1. The Morgan fingerprint density at radius 3 is 2.53 bits per heavy atom. The summed E-state index contributed by atoms with van der Waals surface area (Å²) in [7, 11) is 0. The first-order chi connectivity index (χ1) is 8.09. The summed E-state index contributed by atoms with van der Waals surface area (Å²) in [6.07, 6.45) is 0. The van der Waals surface area contributed by atoms with Crippen LogP contribution >= 0.6 is 0 Å². The van der Waals surface area contributed by atoms with Gasteiger partial charge in [0.05, 0.1) is 0 Å². The van der Waals surface area contributed by atoms with E-state index in [9.17, 15) is 4.79 Å². The maximum Gasteiger partial charge on any atom is 0.295 e. The Morgan fingerprint density at radius 1 is 1.35 bits per heavy atom. The van der Waals surface area contributed by atoms with Crippen molar-refractivity contribution in [3.05, 3.63) is 47.5 Å². The summed E-state index contributed by atoms with van der Waals surface area (Å²) in [5.74, 6) is 7.20. The zero-order chi connectivity index (χ0) is 12.4. The third-order valence-electron chi connectivity index (χ3n) is 2.73. The molecule has 88 valence electrons. The van der Waals surface area contributed by atoms with Gasteiger partial charge in [-0.3, -0.25) is 10.6 Å². The van der Waals surface area contributed by atoms with Crippen LogP contribution in [0, 0.1) is 13.8 Å². The summed E-state index contributed by atoms with van der Waals surface area (Å²) in [4.78, 5) is 12.0. The summed E-state index contributed by atoms with van der Waals surface area (Å²) in [6.45, 7) is 3.84. The molecule has 0 amide bonds. The van der Waals surface area contributed by atoms with Crippen LogP contribution in [0.25, 0.3) is 0 Å². The van der Waals surface area contributed by atoms with Crippen LogP contribution < -0.4 is 10.5 Å². The minimum Gasteiger partial charge on any atom is -0.290 e. The molecule has 0 bridgehead atoms. The van der Waals surface area contributed by atoms with Crippen molar-refractivity contribution in [3.63, 3.8) is 0 Å². The van der Waals surface area contributed by atoms with E-state index in [0.29, 0.717) is 11.4 Å². The van der Waals surface area contributed by atoms with Crippen molar-refractivity contribution in [1.82, 2.24) is 9.78 Å². The summed E-state index contributed by atoms with van der Waals surface area (Å²) in [5.41, 5.74) is 0.684. The predicted molar refractivity (Wildman–Crippen MR) is 62.8 cm³/mol. The second-order valence-electron chi connectivity index (χ2n) is 3.91. The number of aromatic nitrogens is 3. The zero-order valence-corrected chi connectivity index (χ0v) is 9.92. The second kappa shape index (κ2) is 4.37. The van der Waals surface area contributed by atoms with Crippen LogP contribution in [0.5, 0.6) is 0 Å². The molecule has 5 nitrogen and oxygen atoms in total. The van der Waals surface area contributed by atoms with E-state index < -0.39 is 0 Å². The Kier molecular flexibility index (Phi) is 2.91. The Bertz CT molecular complexity index is 545. The Balaban J connectivity index is 2.22. The van der Waals surface area contributed by atoms with Gasteiger partial charge in [0, 0.05) is 24.5 Å². The maximum absolute atomic E-state index is 12.0. The SMILES string of the molecule is Cc1nn(CC(=O)c2ccccc2)c(C)[n+]1N. The number of aryl methyl sites for hydroxylation is 1. The van der Waals surface area contributed by atoms with E-state index in [0.717, 1.165) is 5.82 Å². The van der Waals surface area contributed by atoms with Crippen LogP contribution in [0.4, 0.5) is 0 Å². The average Bonchev–Trinajstić information content (AvgIpc) is 2.58. The number of nitrogens with zero attached hydrogens (tertiary/aromatic N) is 3.